The molecule has 0 radical (unpaired) electrons. The monoisotopic (exact) mass is 271 g/mol. The summed E-state index contributed by atoms with van der Waals surface area (Å²) in [4.78, 5) is 10.5. The minimum atomic E-state index is -3.66. The lowest BCUT2D eigenvalue weighted by molar-refractivity contribution is 0.109. The third-order valence-electron chi connectivity index (χ3n) is 3.27. The highest BCUT2D eigenvalue weighted by atomic mass is 32.2. The summed E-state index contributed by atoms with van der Waals surface area (Å²) < 4.78 is 31.6. The van der Waals surface area contributed by atoms with E-state index in [2.05, 4.69) is 18.6 Å². The van der Waals surface area contributed by atoms with E-state index in [1.54, 1.807) is 0 Å². The van der Waals surface area contributed by atoms with Gasteiger partial charge >= 0.3 is 0 Å². The first kappa shape index (κ1) is 13.3. The molecule has 1 unspecified atom stereocenters. The Morgan fingerprint density at radius 2 is 2.17 bits per heavy atom. The van der Waals surface area contributed by atoms with Gasteiger partial charge in [0.1, 0.15) is 0 Å². The van der Waals surface area contributed by atoms with Crippen LogP contribution >= 0.6 is 0 Å². The second kappa shape index (κ2) is 4.51. The van der Waals surface area contributed by atoms with Crippen LogP contribution < -0.4 is 4.72 Å². The number of hydrogen-bond acceptors (Lipinski definition) is 4. The molecular weight excluding hydrogens is 254 g/mol. The summed E-state index contributed by atoms with van der Waals surface area (Å²) in [5, 5.41) is -0.200. The van der Waals surface area contributed by atoms with E-state index < -0.39 is 10.0 Å². The molecule has 18 heavy (non-hydrogen) atoms. The Kier molecular flexibility index (Phi) is 3.33. The average molecular weight is 271 g/mol. The predicted molar refractivity (Wildman–Crippen MR) is 65.8 cm³/mol. The van der Waals surface area contributed by atoms with E-state index in [1.165, 1.54) is 12.1 Å². The predicted octanol–water partition coefficient (Wildman–Crippen LogP) is 1.95. The van der Waals surface area contributed by atoms with Crippen molar-refractivity contribution in [1.82, 2.24) is 4.72 Å². The first-order valence-corrected chi connectivity index (χ1v) is 7.38. The van der Waals surface area contributed by atoms with Gasteiger partial charge in [0.15, 0.2) is 12.0 Å². The van der Waals surface area contributed by atoms with Crippen LogP contribution in [0.2, 0.25) is 0 Å². The molecule has 6 heteroatoms. The summed E-state index contributed by atoms with van der Waals surface area (Å²) >= 11 is 0. The number of rotatable bonds is 4. The zero-order valence-corrected chi connectivity index (χ0v) is 11.3. The Labute approximate surface area is 107 Å². The molecule has 0 bridgehead atoms. The van der Waals surface area contributed by atoms with Gasteiger partial charge in [-0.05, 0) is 36.8 Å². The summed E-state index contributed by atoms with van der Waals surface area (Å²) in [6, 6.07) is 2.58. The van der Waals surface area contributed by atoms with E-state index in [9.17, 15) is 13.2 Å². The molecule has 1 heterocycles. The van der Waals surface area contributed by atoms with Crippen molar-refractivity contribution >= 4 is 16.3 Å². The topological polar surface area (TPSA) is 76.4 Å². The van der Waals surface area contributed by atoms with Gasteiger partial charge in [-0.25, -0.2) is 13.1 Å². The van der Waals surface area contributed by atoms with Crippen LogP contribution in [-0.4, -0.2) is 20.7 Å². The number of sulfonamides is 1. The number of hydrogen-bond donors (Lipinski definition) is 1. The molecule has 1 fully saturated rings. The largest absolute Gasteiger partial charge is 0.440 e. The SMILES string of the molecule is CC1(C)CCC(NS(=O)(=O)c2ccc(C=O)o2)C1. The molecule has 1 saturated carbocycles. The Morgan fingerprint density at radius 3 is 2.67 bits per heavy atom. The van der Waals surface area contributed by atoms with Crippen molar-refractivity contribution in [2.45, 2.75) is 44.2 Å². The van der Waals surface area contributed by atoms with Crippen LogP contribution in [0.15, 0.2) is 21.6 Å². The summed E-state index contributed by atoms with van der Waals surface area (Å²) in [6.45, 7) is 4.25. The van der Waals surface area contributed by atoms with Crippen LogP contribution in [-0.2, 0) is 10.0 Å². The Hall–Kier alpha value is -1.14. The lowest BCUT2D eigenvalue weighted by atomic mass is 9.92. The molecule has 5 nitrogen and oxygen atoms in total. The lowest BCUT2D eigenvalue weighted by Gasteiger charge is -2.17. The maximum atomic E-state index is 12.0. The molecule has 2 rings (SSSR count). The van der Waals surface area contributed by atoms with Gasteiger partial charge in [-0.3, -0.25) is 4.79 Å². The van der Waals surface area contributed by atoms with Crippen LogP contribution in [0.4, 0.5) is 0 Å². The van der Waals surface area contributed by atoms with Crippen molar-refractivity contribution < 1.29 is 17.6 Å². The number of carbonyl (C=O) groups excluding carboxylic acids is 1. The molecule has 1 aliphatic carbocycles. The lowest BCUT2D eigenvalue weighted by Crippen LogP contribution is -2.33. The molecule has 0 spiro atoms. The highest BCUT2D eigenvalue weighted by Crippen LogP contribution is 2.37. The second-order valence-corrected chi connectivity index (χ2v) is 7.14. The summed E-state index contributed by atoms with van der Waals surface area (Å²) in [6.07, 6.45) is 3.12. The van der Waals surface area contributed by atoms with Gasteiger partial charge in [0, 0.05) is 6.04 Å². The normalized spacial score (nSPS) is 23.1. The van der Waals surface area contributed by atoms with Crippen molar-refractivity contribution in [2.75, 3.05) is 0 Å². The van der Waals surface area contributed by atoms with Gasteiger partial charge in [-0.2, -0.15) is 0 Å². The molecule has 0 aliphatic heterocycles. The zero-order valence-electron chi connectivity index (χ0n) is 10.5. The van der Waals surface area contributed by atoms with Gasteiger partial charge < -0.3 is 4.42 Å². The van der Waals surface area contributed by atoms with E-state index in [-0.39, 0.29) is 22.3 Å². The smallest absolute Gasteiger partial charge is 0.274 e. The van der Waals surface area contributed by atoms with Crippen LogP contribution in [0.5, 0.6) is 0 Å². The number of carbonyl (C=O) groups is 1. The first-order valence-electron chi connectivity index (χ1n) is 5.90. The van der Waals surface area contributed by atoms with Crippen LogP contribution in [0.3, 0.4) is 0 Å². The van der Waals surface area contributed by atoms with E-state index in [4.69, 9.17) is 4.42 Å². The average Bonchev–Trinajstić information content (AvgIpc) is 2.84. The third kappa shape index (κ3) is 2.81. The van der Waals surface area contributed by atoms with Crippen LogP contribution in [0, 0.1) is 5.41 Å². The zero-order chi connectivity index (χ0) is 13.4. The van der Waals surface area contributed by atoms with Gasteiger partial charge in [-0.1, -0.05) is 13.8 Å². The summed E-state index contributed by atoms with van der Waals surface area (Å²) in [5.41, 5.74) is 0.171. The molecule has 1 aromatic heterocycles. The van der Waals surface area contributed by atoms with Crippen molar-refractivity contribution in [1.29, 1.82) is 0 Å². The molecule has 1 atom stereocenters. The highest BCUT2D eigenvalue weighted by Gasteiger charge is 2.34. The molecule has 1 N–H and O–H groups in total. The fraction of sp³-hybridized carbons (Fsp3) is 0.583. The maximum Gasteiger partial charge on any atom is 0.274 e. The van der Waals surface area contributed by atoms with E-state index in [0.29, 0.717) is 6.29 Å². The Morgan fingerprint density at radius 1 is 1.44 bits per heavy atom. The molecule has 0 saturated heterocycles. The minimum absolute atomic E-state index is 0.0159. The molecule has 1 aromatic rings. The molecule has 100 valence electrons. The van der Waals surface area contributed by atoms with Gasteiger partial charge in [-0.15, -0.1) is 0 Å². The highest BCUT2D eigenvalue weighted by molar-refractivity contribution is 7.89. The van der Waals surface area contributed by atoms with E-state index in [0.717, 1.165) is 19.3 Å². The van der Waals surface area contributed by atoms with Crippen LogP contribution in [0.25, 0.3) is 0 Å². The second-order valence-electron chi connectivity index (χ2n) is 5.50. The summed E-state index contributed by atoms with van der Waals surface area (Å²) in [5.74, 6) is 0.0159. The van der Waals surface area contributed by atoms with Crippen LogP contribution in [0.1, 0.15) is 43.7 Å². The maximum absolute atomic E-state index is 12.0. The van der Waals surface area contributed by atoms with E-state index in [1.807, 2.05) is 0 Å². The molecular formula is C12H17NO4S. The summed E-state index contributed by atoms with van der Waals surface area (Å²) in [7, 11) is -3.66. The van der Waals surface area contributed by atoms with E-state index >= 15 is 0 Å². The van der Waals surface area contributed by atoms with Crippen molar-refractivity contribution in [3.05, 3.63) is 17.9 Å². The standard InChI is InChI=1S/C12H17NO4S/c1-12(2)6-5-9(7-12)13-18(15,16)11-4-3-10(8-14)17-11/h3-4,8-9,13H,5-7H2,1-2H3. The molecule has 0 amide bonds. The Balaban J connectivity index is 2.10. The number of furan rings is 1. The van der Waals surface area contributed by atoms with Crippen molar-refractivity contribution in [3.63, 3.8) is 0 Å². The Bertz CT molecular complexity index is 544. The van der Waals surface area contributed by atoms with Gasteiger partial charge in [0.2, 0.25) is 5.09 Å². The van der Waals surface area contributed by atoms with Crippen molar-refractivity contribution in [3.8, 4) is 0 Å². The first-order chi connectivity index (χ1) is 8.32. The van der Waals surface area contributed by atoms with Gasteiger partial charge in [0.25, 0.3) is 10.0 Å². The fourth-order valence-corrected chi connectivity index (χ4v) is 3.57. The molecule has 1 aliphatic rings. The fourth-order valence-electron chi connectivity index (χ4n) is 2.36. The third-order valence-corrected chi connectivity index (χ3v) is 4.67. The number of aldehydes is 1. The van der Waals surface area contributed by atoms with Crippen molar-refractivity contribution in [2.24, 2.45) is 5.41 Å². The minimum Gasteiger partial charge on any atom is -0.440 e. The van der Waals surface area contributed by atoms with Gasteiger partial charge in [0.05, 0.1) is 0 Å². The quantitative estimate of drug-likeness (QED) is 0.849. The number of nitrogens with one attached hydrogen (secondary N) is 1. The molecule has 0 aromatic carbocycles.